The first-order valence-electron chi connectivity index (χ1n) is 4.76. The molecule has 0 saturated heterocycles. The summed E-state index contributed by atoms with van der Waals surface area (Å²) in [6.07, 6.45) is 0. The Bertz CT molecular complexity index is 518. The van der Waals surface area contributed by atoms with E-state index in [-0.39, 0.29) is 10.8 Å². The summed E-state index contributed by atoms with van der Waals surface area (Å²) in [5.74, 6) is 0.435. The van der Waals surface area contributed by atoms with E-state index >= 15 is 0 Å². The van der Waals surface area contributed by atoms with E-state index in [4.69, 9.17) is 27.9 Å². The first-order valence-corrected chi connectivity index (χ1v) is 6.55. The minimum atomic E-state index is -0.388. The number of hydrogen-bond donors (Lipinski definition) is 0. The summed E-state index contributed by atoms with van der Waals surface area (Å²) >= 11 is 12.9. The third kappa shape index (κ3) is 3.31. The SMILES string of the molecule is Fc1ccc(OCc2nc(CCl)cs2)c(Cl)c1. The molecule has 0 spiro atoms. The molecular weight excluding hydrogens is 284 g/mol. The van der Waals surface area contributed by atoms with Crippen molar-refractivity contribution >= 4 is 34.5 Å². The van der Waals surface area contributed by atoms with Gasteiger partial charge in [0.2, 0.25) is 0 Å². The average molecular weight is 292 g/mol. The Morgan fingerprint density at radius 1 is 1.41 bits per heavy atom. The minimum Gasteiger partial charge on any atom is -0.485 e. The van der Waals surface area contributed by atoms with Crippen LogP contribution in [0.4, 0.5) is 4.39 Å². The lowest BCUT2D eigenvalue weighted by atomic mass is 10.3. The van der Waals surface area contributed by atoms with Gasteiger partial charge in [0.15, 0.2) is 0 Å². The Kier molecular flexibility index (Phi) is 4.20. The third-order valence-electron chi connectivity index (χ3n) is 1.98. The average Bonchev–Trinajstić information content (AvgIpc) is 2.76. The van der Waals surface area contributed by atoms with Crippen LogP contribution in [0.1, 0.15) is 10.7 Å². The fraction of sp³-hybridized carbons (Fsp3) is 0.182. The van der Waals surface area contributed by atoms with Gasteiger partial charge in [-0.15, -0.1) is 22.9 Å². The summed E-state index contributed by atoms with van der Waals surface area (Å²) in [5.41, 5.74) is 0.820. The standard InChI is InChI=1S/C11H8Cl2FNOS/c12-4-8-6-17-11(15-8)5-16-10-2-1-7(14)3-9(10)13/h1-3,6H,4-5H2. The summed E-state index contributed by atoms with van der Waals surface area (Å²) in [5, 5.41) is 2.93. The number of benzene rings is 1. The number of halogens is 3. The maximum Gasteiger partial charge on any atom is 0.140 e. The summed E-state index contributed by atoms with van der Waals surface area (Å²) in [4.78, 5) is 4.24. The zero-order chi connectivity index (χ0) is 12.3. The van der Waals surface area contributed by atoms with Crippen LogP contribution in [0.15, 0.2) is 23.6 Å². The minimum absolute atomic E-state index is 0.249. The van der Waals surface area contributed by atoms with E-state index in [2.05, 4.69) is 4.98 Å². The summed E-state index contributed by atoms with van der Waals surface area (Å²) in [6.45, 7) is 0.299. The maximum atomic E-state index is 12.8. The monoisotopic (exact) mass is 291 g/mol. The highest BCUT2D eigenvalue weighted by atomic mass is 35.5. The molecule has 0 amide bonds. The van der Waals surface area contributed by atoms with Gasteiger partial charge in [-0.05, 0) is 18.2 Å². The van der Waals surface area contributed by atoms with Gasteiger partial charge >= 0.3 is 0 Å². The van der Waals surface area contributed by atoms with Crippen LogP contribution in [0, 0.1) is 5.82 Å². The molecule has 0 radical (unpaired) electrons. The topological polar surface area (TPSA) is 22.1 Å². The molecule has 0 atom stereocenters. The second-order valence-electron chi connectivity index (χ2n) is 3.23. The molecule has 1 aromatic carbocycles. The fourth-order valence-corrected chi connectivity index (χ4v) is 2.36. The Morgan fingerprint density at radius 2 is 2.24 bits per heavy atom. The van der Waals surface area contributed by atoms with E-state index < -0.39 is 0 Å². The molecule has 2 aromatic rings. The highest BCUT2D eigenvalue weighted by molar-refractivity contribution is 7.09. The predicted molar refractivity (Wildman–Crippen MR) is 67.4 cm³/mol. The summed E-state index contributed by atoms with van der Waals surface area (Å²) in [7, 11) is 0. The van der Waals surface area contributed by atoms with E-state index in [1.54, 1.807) is 0 Å². The van der Waals surface area contributed by atoms with Gasteiger partial charge in [0.05, 0.1) is 16.6 Å². The first kappa shape index (κ1) is 12.6. The van der Waals surface area contributed by atoms with E-state index in [1.807, 2.05) is 5.38 Å². The van der Waals surface area contributed by atoms with Crippen LogP contribution in [0.2, 0.25) is 5.02 Å². The van der Waals surface area contributed by atoms with Gasteiger partial charge in [0.25, 0.3) is 0 Å². The van der Waals surface area contributed by atoms with Crippen LogP contribution in [-0.4, -0.2) is 4.98 Å². The van der Waals surface area contributed by atoms with Crippen LogP contribution in [0.25, 0.3) is 0 Å². The smallest absolute Gasteiger partial charge is 0.140 e. The summed E-state index contributed by atoms with van der Waals surface area (Å²) < 4.78 is 18.2. The predicted octanol–water partition coefficient (Wildman–Crippen LogP) is 4.25. The van der Waals surface area contributed by atoms with E-state index in [0.717, 1.165) is 10.7 Å². The molecule has 6 heteroatoms. The van der Waals surface area contributed by atoms with Crippen molar-refractivity contribution in [2.24, 2.45) is 0 Å². The second kappa shape index (κ2) is 5.67. The van der Waals surface area contributed by atoms with Crippen molar-refractivity contribution in [3.8, 4) is 5.75 Å². The molecule has 17 heavy (non-hydrogen) atoms. The highest BCUT2D eigenvalue weighted by Crippen LogP contribution is 2.26. The molecule has 0 saturated carbocycles. The molecule has 0 aliphatic carbocycles. The Balaban J connectivity index is 2.02. The van der Waals surface area contributed by atoms with Gasteiger partial charge in [-0.25, -0.2) is 9.37 Å². The van der Waals surface area contributed by atoms with Gasteiger partial charge < -0.3 is 4.74 Å². The van der Waals surface area contributed by atoms with Crippen LogP contribution in [-0.2, 0) is 12.5 Å². The quantitative estimate of drug-likeness (QED) is 0.786. The Hall–Kier alpha value is -0.840. The lowest BCUT2D eigenvalue weighted by Crippen LogP contribution is -1.96. The second-order valence-corrected chi connectivity index (χ2v) is 4.85. The lowest BCUT2D eigenvalue weighted by Gasteiger charge is -2.05. The Morgan fingerprint density at radius 3 is 2.88 bits per heavy atom. The van der Waals surface area contributed by atoms with Crippen molar-refractivity contribution in [1.29, 1.82) is 0 Å². The molecule has 90 valence electrons. The van der Waals surface area contributed by atoms with Crippen LogP contribution >= 0.6 is 34.5 Å². The largest absolute Gasteiger partial charge is 0.485 e. The van der Waals surface area contributed by atoms with Gasteiger partial charge in [0.1, 0.15) is 23.2 Å². The highest BCUT2D eigenvalue weighted by Gasteiger charge is 2.06. The molecule has 0 bridgehead atoms. The molecular formula is C11H8Cl2FNOS. The van der Waals surface area contributed by atoms with E-state index in [9.17, 15) is 4.39 Å². The van der Waals surface area contributed by atoms with Crippen molar-refractivity contribution in [3.05, 3.63) is 45.1 Å². The van der Waals surface area contributed by atoms with E-state index in [1.165, 1.54) is 29.5 Å². The number of alkyl halides is 1. The molecule has 2 nitrogen and oxygen atoms in total. The Labute approximate surface area is 112 Å². The normalized spacial score (nSPS) is 10.5. The van der Waals surface area contributed by atoms with Crippen LogP contribution in [0.3, 0.4) is 0 Å². The van der Waals surface area contributed by atoms with Gasteiger partial charge in [-0.2, -0.15) is 0 Å². The first-order chi connectivity index (χ1) is 8.19. The maximum absolute atomic E-state index is 12.8. The fourth-order valence-electron chi connectivity index (χ4n) is 1.21. The lowest BCUT2D eigenvalue weighted by molar-refractivity contribution is 0.305. The zero-order valence-electron chi connectivity index (χ0n) is 8.62. The van der Waals surface area contributed by atoms with Crippen molar-refractivity contribution in [2.75, 3.05) is 0 Å². The number of hydrogen-bond acceptors (Lipinski definition) is 3. The molecule has 2 rings (SSSR count). The third-order valence-corrected chi connectivity index (χ3v) is 3.42. The van der Waals surface area contributed by atoms with Crippen LogP contribution in [0.5, 0.6) is 5.75 Å². The molecule has 0 unspecified atom stereocenters. The molecule has 0 fully saturated rings. The van der Waals surface area contributed by atoms with E-state index in [0.29, 0.717) is 18.2 Å². The number of rotatable bonds is 4. The van der Waals surface area contributed by atoms with Crippen molar-refractivity contribution in [1.82, 2.24) is 4.98 Å². The number of ether oxygens (including phenoxy) is 1. The van der Waals surface area contributed by atoms with Crippen molar-refractivity contribution < 1.29 is 9.13 Å². The number of thiazole rings is 1. The van der Waals surface area contributed by atoms with Crippen molar-refractivity contribution in [2.45, 2.75) is 12.5 Å². The molecule has 0 aliphatic heterocycles. The van der Waals surface area contributed by atoms with Gasteiger partial charge in [0, 0.05) is 5.38 Å². The van der Waals surface area contributed by atoms with Crippen molar-refractivity contribution in [3.63, 3.8) is 0 Å². The van der Waals surface area contributed by atoms with Crippen LogP contribution < -0.4 is 4.74 Å². The molecule has 0 N–H and O–H groups in total. The van der Waals surface area contributed by atoms with Gasteiger partial charge in [-0.1, -0.05) is 11.6 Å². The molecule has 1 aromatic heterocycles. The molecule has 0 aliphatic rings. The van der Waals surface area contributed by atoms with Gasteiger partial charge in [-0.3, -0.25) is 0 Å². The zero-order valence-corrected chi connectivity index (χ0v) is 10.9. The number of aromatic nitrogens is 1. The summed E-state index contributed by atoms with van der Waals surface area (Å²) in [6, 6.07) is 4.00. The molecule has 1 heterocycles. The number of nitrogens with zero attached hydrogens (tertiary/aromatic N) is 1.